The summed E-state index contributed by atoms with van der Waals surface area (Å²) in [5, 5.41) is 12.7. The number of rotatable bonds is 3. The van der Waals surface area contributed by atoms with Crippen LogP contribution in [0.5, 0.6) is 0 Å². The molecular formula is C14H17F2NO2. The summed E-state index contributed by atoms with van der Waals surface area (Å²) in [5.41, 5.74) is -0.760. The second kappa shape index (κ2) is 5.65. The first-order valence-electron chi connectivity index (χ1n) is 6.46. The highest BCUT2D eigenvalue weighted by Gasteiger charge is 2.31. The van der Waals surface area contributed by atoms with Crippen molar-refractivity contribution in [3.63, 3.8) is 0 Å². The normalized spacial score (nSPS) is 18.1. The Kier molecular flexibility index (Phi) is 4.14. The van der Waals surface area contributed by atoms with Crippen LogP contribution in [0.4, 0.5) is 14.5 Å². The number of amides is 1. The van der Waals surface area contributed by atoms with Gasteiger partial charge in [-0.25, -0.2) is 8.78 Å². The number of benzene rings is 1. The Morgan fingerprint density at radius 1 is 1.21 bits per heavy atom. The van der Waals surface area contributed by atoms with Gasteiger partial charge in [-0.2, -0.15) is 0 Å². The monoisotopic (exact) mass is 269 g/mol. The van der Waals surface area contributed by atoms with E-state index in [0.29, 0.717) is 12.8 Å². The molecule has 1 aromatic carbocycles. The van der Waals surface area contributed by atoms with Crippen molar-refractivity contribution in [2.75, 3.05) is 5.32 Å². The van der Waals surface area contributed by atoms with Gasteiger partial charge in [0, 0.05) is 11.8 Å². The van der Waals surface area contributed by atoms with Crippen molar-refractivity contribution in [2.45, 2.75) is 44.1 Å². The molecule has 0 radical (unpaired) electrons. The Morgan fingerprint density at radius 2 is 1.89 bits per heavy atom. The molecule has 0 spiro atoms. The van der Waals surface area contributed by atoms with E-state index >= 15 is 0 Å². The summed E-state index contributed by atoms with van der Waals surface area (Å²) in [5.74, 6) is -2.34. The minimum atomic E-state index is -1.01. The molecule has 1 aliphatic rings. The smallest absolute Gasteiger partial charge is 0.227 e. The van der Waals surface area contributed by atoms with Crippen LogP contribution in [-0.4, -0.2) is 16.6 Å². The van der Waals surface area contributed by atoms with E-state index in [1.54, 1.807) is 0 Å². The number of halogens is 2. The molecule has 0 atom stereocenters. The molecule has 1 aromatic rings. The summed E-state index contributed by atoms with van der Waals surface area (Å²) < 4.78 is 25.7. The second-order valence-corrected chi connectivity index (χ2v) is 5.14. The largest absolute Gasteiger partial charge is 0.389 e. The van der Waals surface area contributed by atoms with Crippen LogP contribution in [0.2, 0.25) is 0 Å². The molecule has 0 aliphatic heterocycles. The molecule has 1 fully saturated rings. The first kappa shape index (κ1) is 13.9. The average molecular weight is 269 g/mol. The number of anilines is 1. The van der Waals surface area contributed by atoms with Gasteiger partial charge in [0.25, 0.3) is 0 Å². The standard InChI is InChI=1S/C14H17F2NO2/c15-11-5-4-10(8-12(11)16)17-13(18)9-14(19)6-2-1-3-7-14/h4-5,8,19H,1-3,6-7,9H2,(H,17,18). The first-order chi connectivity index (χ1) is 8.98. The van der Waals surface area contributed by atoms with Crippen LogP contribution in [-0.2, 0) is 4.79 Å². The van der Waals surface area contributed by atoms with Crippen LogP contribution in [0.25, 0.3) is 0 Å². The maximum atomic E-state index is 13.0. The highest BCUT2D eigenvalue weighted by atomic mass is 19.2. The molecule has 3 nitrogen and oxygen atoms in total. The van der Waals surface area contributed by atoms with E-state index in [-0.39, 0.29) is 18.0 Å². The molecule has 2 rings (SSSR count). The van der Waals surface area contributed by atoms with Crippen molar-refractivity contribution in [1.29, 1.82) is 0 Å². The molecule has 2 N–H and O–H groups in total. The van der Waals surface area contributed by atoms with E-state index in [1.165, 1.54) is 6.07 Å². The van der Waals surface area contributed by atoms with Gasteiger partial charge in [0.1, 0.15) is 0 Å². The van der Waals surface area contributed by atoms with Gasteiger partial charge in [0.15, 0.2) is 11.6 Å². The van der Waals surface area contributed by atoms with Gasteiger partial charge in [-0.15, -0.1) is 0 Å². The Hall–Kier alpha value is -1.49. The van der Waals surface area contributed by atoms with Crippen LogP contribution in [0.3, 0.4) is 0 Å². The number of nitrogens with one attached hydrogen (secondary N) is 1. The first-order valence-corrected chi connectivity index (χ1v) is 6.46. The van der Waals surface area contributed by atoms with Crippen molar-refractivity contribution in [3.05, 3.63) is 29.8 Å². The van der Waals surface area contributed by atoms with Crippen LogP contribution in [0.15, 0.2) is 18.2 Å². The van der Waals surface area contributed by atoms with Gasteiger partial charge in [-0.1, -0.05) is 19.3 Å². The molecule has 0 saturated heterocycles. The van der Waals surface area contributed by atoms with Crippen molar-refractivity contribution < 1.29 is 18.7 Å². The Balaban J connectivity index is 1.95. The van der Waals surface area contributed by atoms with Gasteiger partial charge in [-0.05, 0) is 25.0 Å². The van der Waals surface area contributed by atoms with Crippen LogP contribution in [0.1, 0.15) is 38.5 Å². The molecule has 19 heavy (non-hydrogen) atoms. The predicted octanol–water partition coefficient (Wildman–Crippen LogP) is 2.99. The lowest BCUT2D eigenvalue weighted by Gasteiger charge is -2.31. The van der Waals surface area contributed by atoms with Crippen molar-refractivity contribution >= 4 is 11.6 Å². The summed E-state index contributed by atoms with van der Waals surface area (Å²) in [4.78, 5) is 11.8. The zero-order valence-corrected chi connectivity index (χ0v) is 10.6. The summed E-state index contributed by atoms with van der Waals surface area (Å²) in [6, 6.07) is 3.18. The molecule has 1 saturated carbocycles. The lowest BCUT2D eigenvalue weighted by Crippen LogP contribution is -2.35. The van der Waals surface area contributed by atoms with Crippen molar-refractivity contribution in [2.24, 2.45) is 0 Å². The van der Waals surface area contributed by atoms with Crippen LogP contribution < -0.4 is 5.32 Å². The van der Waals surface area contributed by atoms with Gasteiger partial charge in [0.2, 0.25) is 5.91 Å². The van der Waals surface area contributed by atoms with E-state index in [4.69, 9.17) is 0 Å². The van der Waals surface area contributed by atoms with Crippen LogP contribution >= 0.6 is 0 Å². The van der Waals surface area contributed by atoms with E-state index in [1.807, 2.05) is 0 Å². The SMILES string of the molecule is O=C(CC1(O)CCCCC1)Nc1ccc(F)c(F)c1. The lowest BCUT2D eigenvalue weighted by molar-refractivity contribution is -0.122. The van der Waals surface area contributed by atoms with E-state index < -0.39 is 17.2 Å². The molecule has 0 heterocycles. The molecule has 1 amide bonds. The number of hydrogen-bond donors (Lipinski definition) is 2. The number of carbonyl (C=O) groups excluding carboxylic acids is 1. The number of hydrogen-bond acceptors (Lipinski definition) is 2. The lowest BCUT2D eigenvalue weighted by atomic mass is 9.82. The quantitative estimate of drug-likeness (QED) is 0.886. The van der Waals surface area contributed by atoms with E-state index in [2.05, 4.69) is 5.32 Å². The molecular weight excluding hydrogens is 252 g/mol. The number of aliphatic hydroxyl groups is 1. The van der Waals surface area contributed by atoms with E-state index in [9.17, 15) is 18.7 Å². The fourth-order valence-corrected chi connectivity index (χ4v) is 2.46. The second-order valence-electron chi connectivity index (χ2n) is 5.14. The minimum absolute atomic E-state index is 0.00794. The molecule has 5 heteroatoms. The van der Waals surface area contributed by atoms with Gasteiger partial charge < -0.3 is 10.4 Å². The molecule has 1 aliphatic carbocycles. The molecule has 0 bridgehead atoms. The van der Waals surface area contributed by atoms with E-state index in [0.717, 1.165) is 31.4 Å². The Bertz CT molecular complexity index is 471. The zero-order valence-electron chi connectivity index (χ0n) is 10.6. The third-order valence-electron chi connectivity index (χ3n) is 3.48. The minimum Gasteiger partial charge on any atom is -0.389 e. The molecule has 104 valence electrons. The van der Waals surface area contributed by atoms with Crippen LogP contribution in [0, 0.1) is 11.6 Å². The summed E-state index contributed by atoms with van der Waals surface area (Å²) in [7, 11) is 0. The highest BCUT2D eigenvalue weighted by Crippen LogP contribution is 2.31. The maximum absolute atomic E-state index is 13.0. The molecule has 0 aromatic heterocycles. The summed E-state index contributed by atoms with van der Waals surface area (Å²) in [6.45, 7) is 0. The summed E-state index contributed by atoms with van der Waals surface area (Å²) >= 11 is 0. The number of carbonyl (C=O) groups is 1. The Morgan fingerprint density at radius 3 is 2.53 bits per heavy atom. The average Bonchev–Trinajstić information content (AvgIpc) is 2.34. The third kappa shape index (κ3) is 3.73. The fraction of sp³-hybridized carbons (Fsp3) is 0.500. The topological polar surface area (TPSA) is 49.3 Å². The summed E-state index contributed by atoms with van der Waals surface area (Å²) in [6.07, 6.45) is 4.11. The molecule has 0 unspecified atom stereocenters. The van der Waals surface area contributed by atoms with Gasteiger partial charge in [0.05, 0.1) is 12.0 Å². The Labute approximate surface area is 110 Å². The third-order valence-corrected chi connectivity index (χ3v) is 3.48. The fourth-order valence-electron chi connectivity index (χ4n) is 2.46. The predicted molar refractivity (Wildman–Crippen MR) is 67.6 cm³/mol. The van der Waals surface area contributed by atoms with Crippen molar-refractivity contribution in [3.8, 4) is 0 Å². The maximum Gasteiger partial charge on any atom is 0.227 e. The van der Waals surface area contributed by atoms with Gasteiger partial charge in [-0.3, -0.25) is 4.79 Å². The highest BCUT2D eigenvalue weighted by molar-refractivity contribution is 5.91. The van der Waals surface area contributed by atoms with Gasteiger partial charge >= 0.3 is 0 Å². The zero-order chi connectivity index (χ0) is 13.9. The van der Waals surface area contributed by atoms with Crippen molar-refractivity contribution in [1.82, 2.24) is 0 Å².